The Hall–Kier alpha value is -2.61. The number of amides is 1. The molecule has 2 aromatic rings. The van der Waals surface area contributed by atoms with E-state index in [0.29, 0.717) is 12.8 Å². The molecule has 2 saturated carbocycles. The van der Waals surface area contributed by atoms with Gasteiger partial charge >= 0.3 is 6.18 Å². The smallest absolute Gasteiger partial charge is 0.320 e. The van der Waals surface area contributed by atoms with Gasteiger partial charge < -0.3 is 5.32 Å². The number of hydrogen-bond acceptors (Lipinski definition) is 5. The first-order valence-corrected chi connectivity index (χ1v) is 12.2. The number of aromatic nitrogens is 3. The number of rotatable bonds is 6. The van der Waals surface area contributed by atoms with Gasteiger partial charge in [0.15, 0.2) is 5.03 Å². The molecular formula is C20H22F5N5O3S. The van der Waals surface area contributed by atoms with Crippen LogP contribution in [0.1, 0.15) is 66.2 Å². The highest BCUT2D eigenvalue weighted by atomic mass is 32.2. The van der Waals surface area contributed by atoms with Crippen LogP contribution in [0.15, 0.2) is 23.4 Å². The molecule has 2 aromatic heterocycles. The number of anilines is 1. The second-order valence-corrected chi connectivity index (χ2v) is 10.3. The average molecular weight is 507 g/mol. The third-order valence-electron chi connectivity index (χ3n) is 5.99. The predicted octanol–water partition coefficient (Wildman–Crippen LogP) is 3.90. The maximum atomic E-state index is 14.1. The van der Waals surface area contributed by atoms with Crippen LogP contribution < -0.4 is 10.5 Å². The highest BCUT2D eigenvalue weighted by molar-refractivity contribution is 7.89. The van der Waals surface area contributed by atoms with E-state index in [1.807, 2.05) is 0 Å². The van der Waals surface area contributed by atoms with E-state index in [1.165, 1.54) is 6.07 Å². The van der Waals surface area contributed by atoms with Crippen molar-refractivity contribution < 1.29 is 35.2 Å². The van der Waals surface area contributed by atoms with Gasteiger partial charge in [-0.3, -0.25) is 9.48 Å². The van der Waals surface area contributed by atoms with Crippen molar-refractivity contribution in [3.05, 3.63) is 35.3 Å². The van der Waals surface area contributed by atoms with Gasteiger partial charge in [-0.05, 0) is 37.7 Å². The number of sulfonamides is 1. The zero-order valence-electron chi connectivity index (χ0n) is 17.8. The molecular weight excluding hydrogens is 485 g/mol. The molecule has 3 N–H and O–H groups in total. The van der Waals surface area contributed by atoms with Gasteiger partial charge in [0.2, 0.25) is 5.92 Å². The van der Waals surface area contributed by atoms with Gasteiger partial charge in [0.1, 0.15) is 11.3 Å². The fourth-order valence-electron chi connectivity index (χ4n) is 4.13. The number of hydrogen-bond donors (Lipinski definition) is 2. The SMILES string of the molecule is NS(=O)(=O)c1cc(NC(=O)c2c(C(F)(F)F)c(C3CC3)nn2CC2CCC(F)(F)CC2)ccn1. The van der Waals surface area contributed by atoms with E-state index in [0.717, 1.165) is 16.9 Å². The van der Waals surface area contributed by atoms with Crippen molar-refractivity contribution in [2.45, 2.75) is 68.1 Å². The summed E-state index contributed by atoms with van der Waals surface area (Å²) < 4.78 is 93.3. The maximum Gasteiger partial charge on any atom is 0.420 e. The van der Waals surface area contributed by atoms with Crippen LogP contribution in [0.2, 0.25) is 0 Å². The normalized spacial score (nSPS) is 19.2. The Kier molecular flexibility index (Phi) is 6.17. The zero-order valence-corrected chi connectivity index (χ0v) is 18.6. The molecule has 2 aliphatic carbocycles. The minimum absolute atomic E-state index is 0.0934. The summed E-state index contributed by atoms with van der Waals surface area (Å²) in [6.45, 7) is -0.118. The summed E-state index contributed by atoms with van der Waals surface area (Å²) in [6, 6.07) is 2.12. The Morgan fingerprint density at radius 3 is 2.41 bits per heavy atom. The number of primary sulfonamides is 1. The number of nitrogens with two attached hydrogens (primary N) is 1. The lowest BCUT2D eigenvalue weighted by atomic mass is 9.87. The van der Waals surface area contributed by atoms with Crippen molar-refractivity contribution in [2.24, 2.45) is 11.1 Å². The number of nitrogens with zero attached hydrogens (tertiary/aromatic N) is 3. The lowest BCUT2D eigenvalue weighted by Crippen LogP contribution is -2.29. The largest absolute Gasteiger partial charge is 0.420 e. The Bertz CT molecular complexity index is 1200. The standard InChI is InChI=1S/C20H22F5N5O3S/c21-19(22)6-3-11(4-7-19)10-30-17(15(20(23,24)25)16(29-30)12-1-2-12)18(31)28-13-5-8-27-14(9-13)34(26,32)33/h5,8-9,11-12H,1-4,6-7,10H2,(H2,26,32,33)(H,27,28,31). The molecule has 186 valence electrons. The van der Waals surface area contributed by atoms with Crippen LogP contribution in [-0.4, -0.2) is 35.0 Å². The van der Waals surface area contributed by atoms with Gasteiger partial charge in [-0.1, -0.05) is 0 Å². The van der Waals surface area contributed by atoms with Gasteiger partial charge in [0.25, 0.3) is 15.9 Å². The molecule has 0 unspecified atom stereocenters. The number of nitrogens with one attached hydrogen (secondary N) is 1. The zero-order chi connectivity index (χ0) is 24.9. The molecule has 14 heteroatoms. The molecule has 0 aromatic carbocycles. The molecule has 0 bridgehead atoms. The third-order valence-corrected chi connectivity index (χ3v) is 6.80. The third kappa shape index (κ3) is 5.37. The molecule has 0 spiro atoms. The van der Waals surface area contributed by atoms with Gasteiger partial charge in [-0.2, -0.15) is 18.3 Å². The van der Waals surface area contributed by atoms with Crippen LogP contribution in [0.4, 0.5) is 27.6 Å². The van der Waals surface area contributed by atoms with Crippen molar-refractivity contribution in [1.82, 2.24) is 14.8 Å². The van der Waals surface area contributed by atoms with Crippen molar-refractivity contribution in [3.8, 4) is 0 Å². The fraction of sp³-hybridized carbons (Fsp3) is 0.550. The molecule has 4 rings (SSSR count). The Balaban J connectivity index is 1.70. The number of carbonyl (C=O) groups excluding carboxylic acids is 1. The number of halogens is 5. The van der Waals surface area contributed by atoms with Gasteiger partial charge in [0, 0.05) is 43.3 Å². The second-order valence-electron chi connectivity index (χ2n) is 8.74. The number of alkyl halides is 5. The second kappa shape index (κ2) is 8.56. The minimum Gasteiger partial charge on any atom is -0.320 e. The molecule has 0 radical (unpaired) electrons. The maximum absolute atomic E-state index is 14.1. The van der Waals surface area contributed by atoms with Crippen LogP contribution in [0.25, 0.3) is 0 Å². The Labute approximate surface area is 191 Å². The predicted molar refractivity (Wildman–Crippen MR) is 110 cm³/mol. The highest BCUT2D eigenvalue weighted by Crippen LogP contribution is 2.47. The van der Waals surface area contributed by atoms with Crippen LogP contribution in [0.5, 0.6) is 0 Å². The molecule has 1 amide bonds. The quantitative estimate of drug-likeness (QED) is 0.575. The first kappa shape index (κ1) is 24.5. The monoisotopic (exact) mass is 507 g/mol. The summed E-state index contributed by atoms with van der Waals surface area (Å²) in [5.41, 5.74) is -2.26. The van der Waals surface area contributed by atoms with Crippen LogP contribution in [0, 0.1) is 5.92 Å². The van der Waals surface area contributed by atoms with E-state index in [-0.39, 0.29) is 49.5 Å². The molecule has 8 nitrogen and oxygen atoms in total. The van der Waals surface area contributed by atoms with Crippen LogP contribution in [-0.2, 0) is 22.7 Å². The summed E-state index contributed by atoms with van der Waals surface area (Å²) in [7, 11) is -4.21. The Morgan fingerprint density at radius 1 is 1.21 bits per heavy atom. The van der Waals surface area contributed by atoms with E-state index in [1.54, 1.807) is 0 Å². The van der Waals surface area contributed by atoms with E-state index in [2.05, 4.69) is 15.4 Å². The molecule has 2 aliphatic rings. The first-order chi connectivity index (χ1) is 15.7. The molecule has 2 fully saturated rings. The number of carbonyl (C=O) groups is 1. The van der Waals surface area contributed by atoms with Crippen molar-refractivity contribution in [1.29, 1.82) is 0 Å². The summed E-state index contributed by atoms with van der Waals surface area (Å²) in [4.78, 5) is 16.6. The lowest BCUT2D eigenvalue weighted by molar-refractivity contribution is -0.138. The van der Waals surface area contributed by atoms with Crippen molar-refractivity contribution in [2.75, 3.05) is 5.32 Å². The summed E-state index contributed by atoms with van der Waals surface area (Å²) in [6.07, 6.45) is -3.42. The van der Waals surface area contributed by atoms with E-state index in [4.69, 9.17) is 5.14 Å². The van der Waals surface area contributed by atoms with Gasteiger partial charge in [-0.25, -0.2) is 27.3 Å². The molecule has 0 aliphatic heterocycles. The van der Waals surface area contributed by atoms with Crippen molar-refractivity contribution >= 4 is 21.6 Å². The lowest BCUT2D eigenvalue weighted by Gasteiger charge is -2.28. The van der Waals surface area contributed by atoms with Crippen molar-refractivity contribution in [3.63, 3.8) is 0 Å². The minimum atomic E-state index is -4.88. The molecule has 34 heavy (non-hydrogen) atoms. The van der Waals surface area contributed by atoms with Crippen LogP contribution in [0.3, 0.4) is 0 Å². The summed E-state index contributed by atoms with van der Waals surface area (Å²) in [5, 5.41) is 10.8. The van der Waals surface area contributed by atoms with E-state index in [9.17, 15) is 35.2 Å². The van der Waals surface area contributed by atoms with Gasteiger partial charge in [0.05, 0.1) is 5.69 Å². The van der Waals surface area contributed by atoms with Crippen LogP contribution >= 0.6 is 0 Å². The highest BCUT2D eigenvalue weighted by Gasteiger charge is 2.46. The fourth-order valence-corrected chi connectivity index (χ4v) is 4.62. The molecule has 2 heterocycles. The topological polar surface area (TPSA) is 120 Å². The molecule has 0 atom stereocenters. The summed E-state index contributed by atoms with van der Waals surface area (Å²) in [5.74, 6) is -4.76. The van der Waals surface area contributed by atoms with E-state index < -0.39 is 50.2 Å². The molecule has 0 saturated heterocycles. The van der Waals surface area contributed by atoms with Gasteiger partial charge in [-0.15, -0.1) is 0 Å². The van der Waals surface area contributed by atoms with E-state index >= 15 is 0 Å². The first-order valence-electron chi connectivity index (χ1n) is 10.6. The average Bonchev–Trinajstić information content (AvgIpc) is 3.49. The Morgan fingerprint density at radius 2 is 1.85 bits per heavy atom. The number of pyridine rings is 1. The summed E-state index contributed by atoms with van der Waals surface area (Å²) >= 11 is 0.